The Morgan fingerprint density at radius 1 is 1.03 bits per heavy atom. The lowest BCUT2D eigenvalue weighted by Gasteiger charge is -2.23. The van der Waals surface area contributed by atoms with Gasteiger partial charge in [-0.05, 0) is 48.5 Å². The molecule has 9 nitrogen and oxygen atoms in total. The maximum Gasteiger partial charge on any atom is 0.227 e. The number of hydrogen-bond donors (Lipinski definition) is 1. The van der Waals surface area contributed by atoms with Crippen molar-refractivity contribution in [3.63, 3.8) is 0 Å². The van der Waals surface area contributed by atoms with Crippen molar-refractivity contribution in [3.05, 3.63) is 72.9 Å². The first-order valence-corrected chi connectivity index (χ1v) is 10.6. The van der Waals surface area contributed by atoms with E-state index in [1.807, 2.05) is 47.0 Å². The molecule has 1 N–H and O–H groups in total. The number of anilines is 2. The third kappa shape index (κ3) is 4.81. The molecule has 0 bridgehead atoms. The van der Waals surface area contributed by atoms with Gasteiger partial charge >= 0.3 is 0 Å². The molecular formula is C24H21N7O2. The Labute approximate surface area is 190 Å². The number of nitrogens with zero attached hydrogens (tertiary/aromatic N) is 6. The van der Waals surface area contributed by atoms with Gasteiger partial charge in [0.25, 0.3) is 0 Å². The zero-order valence-electron chi connectivity index (χ0n) is 17.8. The lowest BCUT2D eigenvalue weighted by molar-refractivity contribution is 0.0254. The van der Waals surface area contributed by atoms with Gasteiger partial charge in [0, 0.05) is 36.0 Å². The molecule has 9 heteroatoms. The zero-order valence-corrected chi connectivity index (χ0v) is 17.8. The first-order valence-electron chi connectivity index (χ1n) is 10.6. The van der Waals surface area contributed by atoms with Gasteiger partial charge in [0.05, 0.1) is 24.5 Å². The number of ether oxygens (including phenoxy) is 2. The van der Waals surface area contributed by atoms with E-state index in [1.165, 1.54) is 0 Å². The summed E-state index contributed by atoms with van der Waals surface area (Å²) >= 11 is 0. The molecule has 4 aromatic rings. The molecule has 1 saturated heterocycles. The highest BCUT2D eigenvalue weighted by Gasteiger charge is 2.17. The number of nitrogens with one attached hydrogen (secondary N) is 1. The van der Waals surface area contributed by atoms with Crippen LogP contribution >= 0.6 is 0 Å². The Morgan fingerprint density at radius 3 is 2.58 bits per heavy atom. The molecule has 1 aliphatic heterocycles. The maximum atomic E-state index is 9.65. The first-order chi connectivity index (χ1) is 16.3. The Bertz CT molecular complexity index is 1260. The summed E-state index contributed by atoms with van der Waals surface area (Å²) < 4.78 is 13.2. The molecule has 0 unspecified atom stereocenters. The average molecular weight is 439 g/mol. The molecule has 3 heterocycles. The first kappa shape index (κ1) is 20.6. The minimum Gasteiger partial charge on any atom is -0.489 e. The van der Waals surface area contributed by atoms with E-state index in [-0.39, 0.29) is 6.10 Å². The van der Waals surface area contributed by atoms with Crippen molar-refractivity contribution in [2.45, 2.75) is 18.9 Å². The van der Waals surface area contributed by atoms with E-state index in [0.717, 1.165) is 29.8 Å². The molecule has 2 aromatic carbocycles. The van der Waals surface area contributed by atoms with Gasteiger partial charge in [0.2, 0.25) is 5.95 Å². The second-order valence-corrected chi connectivity index (χ2v) is 7.56. The van der Waals surface area contributed by atoms with Crippen molar-refractivity contribution < 1.29 is 9.47 Å². The molecule has 164 valence electrons. The van der Waals surface area contributed by atoms with Crippen molar-refractivity contribution in [1.82, 2.24) is 24.7 Å². The molecule has 2 aromatic heterocycles. The van der Waals surface area contributed by atoms with Crippen LogP contribution in [0.1, 0.15) is 18.4 Å². The van der Waals surface area contributed by atoms with Crippen LogP contribution in [0.25, 0.3) is 16.9 Å². The topological polar surface area (TPSA) is 111 Å². The van der Waals surface area contributed by atoms with Crippen LogP contribution in [0, 0.1) is 11.3 Å². The highest BCUT2D eigenvalue weighted by atomic mass is 16.5. The fourth-order valence-corrected chi connectivity index (χ4v) is 3.61. The van der Waals surface area contributed by atoms with Crippen LogP contribution in [-0.2, 0) is 4.74 Å². The second kappa shape index (κ2) is 9.46. The van der Waals surface area contributed by atoms with Gasteiger partial charge in [-0.2, -0.15) is 5.26 Å². The Kier molecular flexibility index (Phi) is 5.91. The number of benzene rings is 2. The van der Waals surface area contributed by atoms with E-state index in [4.69, 9.17) is 9.47 Å². The van der Waals surface area contributed by atoms with E-state index in [0.29, 0.717) is 36.2 Å². The normalized spacial score (nSPS) is 13.9. The molecule has 0 spiro atoms. The van der Waals surface area contributed by atoms with E-state index in [1.54, 1.807) is 24.9 Å². The van der Waals surface area contributed by atoms with Gasteiger partial charge in [-0.15, -0.1) is 10.2 Å². The maximum absolute atomic E-state index is 9.65. The average Bonchev–Trinajstić information content (AvgIpc) is 3.41. The summed E-state index contributed by atoms with van der Waals surface area (Å²) in [5.74, 6) is 1.05. The summed E-state index contributed by atoms with van der Waals surface area (Å²) in [7, 11) is 0. The van der Waals surface area contributed by atoms with Crippen LogP contribution in [-0.4, -0.2) is 44.1 Å². The molecule has 0 saturated carbocycles. The van der Waals surface area contributed by atoms with Crippen molar-refractivity contribution in [3.8, 4) is 28.8 Å². The smallest absolute Gasteiger partial charge is 0.227 e. The van der Waals surface area contributed by atoms with E-state index in [2.05, 4.69) is 31.6 Å². The third-order valence-corrected chi connectivity index (χ3v) is 5.35. The summed E-state index contributed by atoms with van der Waals surface area (Å²) in [6, 6.07) is 17.4. The Morgan fingerprint density at radius 2 is 1.82 bits per heavy atom. The van der Waals surface area contributed by atoms with Crippen LogP contribution in [0.4, 0.5) is 11.6 Å². The third-order valence-electron chi connectivity index (χ3n) is 5.35. The summed E-state index contributed by atoms with van der Waals surface area (Å²) in [5, 5.41) is 20.5. The highest BCUT2D eigenvalue weighted by molar-refractivity contribution is 5.66. The van der Waals surface area contributed by atoms with Crippen molar-refractivity contribution in [2.75, 3.05) is 18.5 Å². The molecule has 33 heavy (non-hydrogen) atoms. The van der Waals surface area contributed by atoms with Gasteiger partial charge in [0.15, 0.2) is 0 Å². The molecule has 0 atom stereocenters. The molecule has 1 aliphatic rings. The standard InChI is InChI=1S/C24H21N7O2/c25-14-18-13-17(1-6-23(18)33-21-8-11-32-12-9-21)22-7-10-26-24(30-22)29-19-2-4-20(5-3-19)31-15-27-28-16-31/h1-7,10,13,15-16,21H,8-9,11-12H2,(H,26,29,30). The minimum atomic E-state index is 0.0722. The molecular weight excluding hydrogens is 418 g/mol. The monoisotopic (exact) mass is 439 g/mol. The fourth-order valence-electron chi connectivity index (χ4n) is 3.61. The van der Waals surface area contributed by atoms with E-state index >= 15 is 0 Å². The number of nitriles is 1. The molecule has 0 aliphatic carbocycles. The van der Waals surface area contributed by atoms with Gasteiger partial charge in [-0.3, -0.25) is 4.57 Å². The number of aromatic nitrogens is 5. The lowest BCUT2D eigenvalue weighted by Crippen LogP contribution is -2.26. The van der Waals surface area contributed by atoms with Crippen molar-refractivity contribution in [2.24, 2.45) is 0 Å². The molecule has 0 amide bonds. The fraction of sp³-hybridized carbons (Fsp3) is 0.208. The van der Waals surface area contributed by atoms with Crippen LogP contribution in [0.3, 0.4) is 0 Å². The summed E-state index contributed by atoms with van der Waals surface area (Å²) in [4.78, 5) is 8.94. The van der Waals surface area contributed by atoms with Crippen molar-refractivity contribution in [1.29, 1.82) is 5.26 Å². The van der Waals surface area contributed by atoms with Gasteiger partial charge < -0.3 is 14.8 Å². The van der Waals surface area contributed by atoms with E-state index in [9.17, 15) is 5.26 Å². The summed E-state index contributed by atoms with van der Waals surface area (Å²) in [6.45, 7) is 1.37. The summed E-state index contributed by atoms with van der Waals surface area (Å²) in [6.07, 6.45) is 6.70. The van der Waals surface area contributed by atoms with E-state index < -0.39 is 0 Å². The second-order valence-electron chi connectivity index (χ2n) is 7.56. The summed E-state index contributed by atoms with van der Waals surface area (Å²) in [5.41, 5.74) is 3.81. The SMILES string of the molecule is N#Cc1cc(-c2ccnc(Nc3ccc(-n4cnnc4)cc3)n2)ccc1OC1CCOCC1. The lowest BCUT2D eigenvalue weighted by atomic mass is 10.1. The molecule has 0 radical (unpaired) electrons. The minimum absolute atomic E-state index is 0.0722. The number of hydrogen-bond acceptors (Lipinski definition) is 8. The Hall–Kier alpha value is -4.29. The van der Waals surface area contributed by atoms with Crippen molar-refractivity contribution >= 4 is 11.6 Å². The van der Waals surface area contributed by atoms with Gasteiger partial charge in [-0.25, -0.2) is 9.97 Å². The molecule has 1 fully saturated rings. The van der Waals surface area contributed by atoms with Gasteiger partial charge in [0.1, 0.15) is 30.6 Å². The van der Waals surface area contributed by atoms with Crippen LogP contribution in [0.2, 0.25) is 0 Å². The largest absolute Gasteiger partial charge is 0.489 e. The predicted molar refractivity (Wildman–Crippen MR) is 121 cm³/mol. The quantitative estimate of drug-likeness (QED) is 0.482. The van der Waals surface area contributed by atoms with Crippen LogP contribution in [0.15, 0.2) is 67.4 Å². The number of rotatable bonds is 6. The zero-order chi connectivity index (χ0) is 22.5. The van der Waals surface area contributed by atoms with Crippen LogP contribution < -0.4 is 10.1 Å². The van der Waals surface area contributed by atoms with Crippen LogP contribution in [0.5, 0.6) is 5.75 Å². The Balaban J connectivity index is 1.32. The highest BCUT2D eigenvalue weighted by Crippen LogP contribution is 2.28. The molecule has 5 rings (SSSR count). The predicted octanol–water partition coefficient (Wildman–Crippen LogP) is 3.90. The van der Waals surface area contributed by atoms with Gasteiger partial charge in [-0.1, -0.05) is 0 Å².